The molecule has 0 fully saturated rings. The Morgan fingerprint density at radius 1 is 1.50 bits per heavy atom. The molecule has 0 aromatic carbocycles. The first-order valence-corrected chi connectivity index (χ1v) is 5.87. The van der Waals surface area contributed by atoms with E-state index in [0.29, 0.717) is 11.4 Å². The maximum atomic E-state index is 11.8. The van der Waals surface area contributed by atoms with Crippen LogP contribution >= 0.6 is 15.9 Å². The van der Waals surface area contributed by atoms with E-state index in [2.05, 4.69) is 20.9 Å². The fourth-order valence-corrected chi connectivity index (χ4v) is 1.99. The van der Waals surface area contributed by atoms with E-state index >= 15 is 0 Å². The predicted molar refractivity (Wildman–Crippen MR) is 69.2 cm³/mol. The number of carboxylic acid groups (broad SMARTS) is 1. The van der Waals surface area contributed by atoms with Crippen LogP contribution in [-0.4, -0.2) is 20.6 Å². The van der Waals surface area contributed by atoms with Crippen molar-refractivity contribution in [1.29, 1.82) is 0 Å². The van der Waals surface area contributed by atoms with Gasteiger partial charge in [-0.1, -0.05) is 0 Å². The summed E-state index contributed by atoms with van der Waals surface area (Å²) in [6, 6.07) is 3.52. The van der Waals surface area contributed by atoms with Crippen molar-refractivity contribution < 1.29 is 9.90 Å². The van der Waals surface area contributed by atoms with Crippen molar-refractivity contribution in [1.82, 2.24) is 9.55 Å². The Morgan fingerprint density at radius 3 is 2.78 bits per heavy atom. The van der Waals surface area contributed by atoms with Crippen LogP contribution in [0.3, 0.4) is 0 Å². The number of carboxylic acids is 1. The molecule has 2 aromatic rings. The average Bonchev–Trinajstić information content (AvgIpc) is 2.37. The van der Waals surface area contributed by atoms with Crippen LogP contribution in [0.4, 0.5) is 0 Å². The Morgan fingerprint density at radius 2 is 2.22 bits per heavy atom. The smallest absolute Gasteiger partial charge is 0.341 e. The minimum absolute atomic E-state index is 0.242. The van der Waals surface area contributed by atoms with Gasteiger partial charge in [0.2, 0.25) is 5.43 Å². The molecule has 92 valence electrons. The van der Waals surface area contributed by atoms with Gasteiger partial charge in [-0.2, -0.15) is 0 Å². The molecule has 0 aliphatic rings. The van der Waals surface area contributed by atoms with Crippen LogP contribution in [0.5, 0.6) is 0 Å². The quantitative estimate of drug-likeness (QED) is 0.921. The molecule has 0 atom stereocenters. The number of nitrogens with zero attached hydrogens (tertiary/aromatic N) is 2. The molecule has 18 heavy (non-hydrogen) atoms. The topological polar surface area (TPSA) is 72.2 Å². The highest BCUT2D eigenvalue weighted by Crippen LogP contribution is 2.17. The predicted octanol–water partition coefficient (Wildman–Crippen LogP) is 2.00. The lowest BCUT2D eigenvalue weighted by Crippen LogP contribution is -2.20. The largest absolute Gasteiger partial charge is 0.477 e. The summed E-state index contributed by atoms with van der Waals surface area (Å²) in [6.45, 7) is 1.73. The lowest BCUT2D eigenvalue weighted by Gasteiger charge is -2.12. The van der Waals surface area contributed by atoms with Crippen LogP contribution < -0.4 is 5.43 Å². The molecule has 0 saturated carbocycles. The first-order valence-electron chi connectivity index (χ1n) is 5.08. The fraction of sp³-hybridized carbons (Fsp3) is 0.0833. The molecule has 5 nitrogen and oxygen atoms in total. The van der Waals surface area contributed by atoms with E-state index in [1.54, 1.807) is 36.0 Å². The molecule has 0 saturated heterocycles. The molecule has 0 bridgehead atoms. The van der Waals surface area contributed by atoms with E-state index < -0.39 is 11.4 Å². The number of halogens is 1. The van der Waals surface area contributed by atoms with Gasteiger partial charge in [0, 0.05) is 18.1 Å². The lowest BCUT2D eigenvalue weighted by atomic mass is 10.2. The van der Waals surface area contributed by atoms with Crippen molar-refractivity contribution in [3.05, 3.63) is 56.7 Å². The van der Waals surface area contributed by atoms with Crippen LogP contribution in [0.1, 0.15) is 16.1 Å². The van der Waals surface area contributed by atoms with Crippen LogP contribution in [0.2, 0.25) is 0 Å². The minimum Gasteiger partial charge on any atom is -0.477 e. The number of hydrogen-bond donors (Lipinski definition) is 1. The first-order chi connectivity index (χ1) is 8.52. The third-order valence-electron chi connectivity index (χ3n) is 2.54. The third kappa shape index (κ3) is 2.06. The highest BCUT2D eigenvalue weighted by molar-refractivity contribution is 9.10. The maximum absolute atomic E-state index is 11.8. The minimum atomic E-state index is -1.25. The number of hydrogen-bond acceptors (Lipinski definition) is 3. The third-order valence-corrected chi connectivity index (χ3v) is 3.47. The molecule has 0 aliphatic heterocycles. The standard InChI is InChI=1S/C12H9BrN2O3/c1-7-10(13)11(16)9(12(17)18)6-15(7)8-3-2-4-14-5-8/h2-6H,1H3,(H,17,18). The molecule has 2 heterocycles. The van der Waals surface area contributed by atoms with Gasteiger partial charge in [0.05, 0.1) is 16.4 Å². The van der Waals surface area contributed by atoms with Crippen LogP contribution in [0.25, 0.3) is 5.69 Å². The molecule has 0 unspecified atom stereocenters. The summed E-state index contributed by atoms with van der Waals surface area (Å²) < 4.78 is 1.85. The lowest BCUT2D eigenvalue weighted by molar-refractivity contribution is 0.0694. The zero-order valence-corrected chi connectivity index (χ0v) is 11.0. The summed E-state index contributed by atoms with van der Waals surface area (Å²) in [4.78, 5) is 26.7. The Balaban J connectivity index is 2.77. The van der Waals surface area contributed by atoms with Crippen LogP contribution in [-0.2, 0) is 0 Å². The molecule has 0 amide bonds. The Kier molecular flexibility index (Phi) is 3.29. The van der Waals surface area contributed by atoms with Crippen molar-refractivity contribution in [2.24, 2.45) is 0 Å². The zero-order valence-electron chi connectivity index (χ0n) is 9.42. The van der Waals surface area contributed by atoms with E-state index in [0.717, 1.165) is 0 Å². The molecule has 6 heteroatoms. The monoisotopic (exact) mass is 308 g/mol. The van der Waals surface area contributed by atoms with E-state index in [4.69, 9.17) is 5.11 Å². The van der Waals surface area contributed by atoms with E-state index in [1.165, 1.54) is 6.20 Å². The van der Waals surface area contributed by atoms with Gasteiger partial charge in [0.15, 0.2) is 0 Å². The highest BCUT2D eigenvalue weighted by atomic mass is 79.9. The van der Waals surface area contributed by atoms with Crippen molar-refractivity contribution in [2.45, 2.75) is 6.92 Å². The van der Waals surface area contributed by atoms with Crippen LogP contribution in [0.15, 0.2) is 40.0 Å². The van der Waals surface area contributed by atoms with Gasteiger partial charge in [0.25, 0.3) is 0 Å². The molecular formula is C12H9BrN2O3. The summed E-state index contributed by atoms with van der Waals surface area (Å²) in [6.07, 6.45) is 4.52. The second-order valence-corrected chi connectivity index (χ2v) is 4.45. The Hall–Kier alpha value is -1.95. The van der Waals surface area contributed by atoms with Crippen molar-refractivity contribution in [3.8, 4) is 5.69 Å². The number of rotatable bonds is 2. The van der Waals surface area contributed by atoms with E-state index in [1.807, 2.05) is 0 Å². The SMILES string of the molecule is Cc1c(Br)c(=O)c(C(=O)O)cn1-c1cccnc1. The van der Waals surface area contributed by atoms with E-state index in [9.17, 15) is 9.59 Å². The first kappa shape index (κ1) is 12.5. The summed E-state index contributed by atoms with van der Waals surface area (Å²) in [5.41, 5.74) is 0.507. The normalized spacial score (nSPS) is 10.3. The van der Waals surface area contributed by atoms with Gasteiger partial charge in [-0.3, -0.25) is 9.78 Å². The van der Waals surface area contributed by atoms with Gasteiger partial charge in [-0.15, -0.1) is 0 Å². The summed E-state index contributed by atoms with van der Waals surface area (Å²) in [5.74, 6) is -1.25. The molecule has 2 rings (SSSR count). The number of carbonyl (C=O) groups is 1. The van der Waals surface area contributed by atoms with Gasteiger partial charge in [-0.25, -0.2) is 4.79 Å². The van der Waals surface area contributed by atoms with Gasteiger partial charge >= 0.3 is 5.97 Å². The second-order valence-electron chi connectivity index (χ2n) is 3.66. The molecule has 2 aromatic heterocycles. The van der Waals surface area contributed by atoms with Gasteiger partial charge in [-0.05, 0) is 35.0 Å². The second kappa shape index (κ2) is 4.73. The number of pyridine rings is 2. The number of aromatic carboxylic acids is 1. The molecule has 0 radical (unpaired) electrons. The summed E-state index contributed by atoms with van der Waals surface area (Å²) in [5, 5.41) is 9.00. The van der Waals surface area contributed by atoms with Crippen molar-refractivity contribution >= 4 is 21.9 Å². The number of aromatic nitrogens is 2. The molecule has 1 N–H and O–H groups in total. The van der Waals surface area contributed by atoms with E-state index in [-0.39, 0.29) is 10.0 Å². The van der Waals surface area contributed by atoms with Crippen molar-refractivity contribution in [3.63, 3.8) is 0 Å². The molecular weight excluding hydrogens is 300 g/mol. The molecule has 0 aliphatic carbocycles. The Bertz CT molecular complexity index is 665. The van der Waals surface area contributed by atoms with Gasteiger partial charge < -0.3 is 9.67 Å². The highest BCUT2D eigenvalue weighted by Gasteiger charge is 2.16. The summed E-state index contributed by atoms with van der Waals surface area (Å²) >= 11 is 3.13. The van der Waals surface area contributed by atoms with Crippen molar-refractivity contribution in [2.75, 3.05) is 0 Å². The molecule has 0 spiro atoms. The maximum Gasteiger partial charge on any atom is 0.341 e. The zero-order chi connectivity index (χ0) is 13.3. The van der Waals surface area contributed by atoms with Crippen LogP contribution in [0, 0.1) is 6.92 Å². The average molecular weight is 309 g/mol. The Labute approximate surface area is 111 Å². The van der Waals surface area contributed by atoms with Gasteiger partial charge in [0.1, 0.15) is 5.56 Å². The fourth-order valence-electron chi connectivity index (χ4n) is 1.59. The summed E-state index contributed by atoms with van der Waals surface area (Å²) in [7, 11) is 0.